The van der Waals surface area contributed by atoms with E-state index in [0.717, 1.165) is 12.8 Å². The van der Waals surface area contributed by atoms with E-state index in [9.17, 15) is 9.59 Å². The Balaban J connectivity index is 1.31. The predicted octanol–water partition coefficient (Wildman–Crippen LogP) is 2.05. The first-order valence-electron chi connectivity index (χ1n) is 9.75. The first-order valence-corrected chi connectivity index (χ1v) is 9.75. The maximum absolute atomic E-state index is 12.3. The van der Waals surface area contributed by atoms with Crippen molar-refractivity contribution in [1.82, 2.24) is 25.7 Å². The molecule has 1 aliphatic heterocycles. The Morgan fingerprint density at radius 1 is 1.18 bits per heavy atom. The zero-order chi connectivity index (χ0) is 19.8. The average molecular weight is 385 g/mol. The first kappa shape index (κ1) is 19.9. The van der Waals surface area contributed by atoms with Gasteiger partial charge in [0, 0.05) is 25.6 Å². The highest BCUT2D eigenvalue weighted by Crippen LogP contribution is 2.17. The van der Waals surface area contributed by atoms with Crippen LogP contribution in [0.15, 0.2) is 34.9 Å². The van der Waals surface area contributed by atoms with Gasteiger partial charge in [-0.1, -0.05) is 35.5 Å². The number of piperidine rings is 1. The molecule has 3 amide bonds. The lowest BCUT2D eigenvalue weighted by Gasteiger charge is -2.31. The van der Waals surface area contributed by atoms with E-state index in [1.54, 1.807) is 11.8 Å². The predicted molar refractivity (Wildman–Crippen MR) is 103 cm³/mol. The SMILES string of the molecule is Cc1noc(CNC(=O)C2CCN(C(=O)NCCCc3ccccc3)CC2)n1. The van der Waals surface area contributed by atoms with Crippen LogP contribution >= 0.6 is 0 Å². The number of amides is 3. The fourth-order valence-corrected chi connectivity index (χ4v) is 3.31. The number of urea groups is 1. The highest BCUT2D eigenvalue weighted by Gasteiger charge is 2.27. The Kier molecular flexibility index (Phi) is 7.00. The molecule has 0 atom stereocenters. The van der Waals surface area contributed by atoms with Crippen LogP contribution in [0.1, 0.15) is 36.5 Å². The molecule has 0 aliphatic carbocycles. The topological polar surface area (TPSA) is 100 Å². The summed E-state index contributed by atoms with van der Waals surface area (Å²) < 4.78 is 4.99. The molecule has 0 bridgehead atoms. The molecule has 0 saturated carbocycles. The average Bonchev–Trinajstić information content (AvgIpc) is 3.15. The van der Waals surface area contributed by atoms with Gasteiger partial charge in [-0.15, -0.1) is 0 Å². The molecular weight excluding hydrogens is 358 g/mol. The highest BCUT2D eigenvalue weighted by atomic mass is 16.5. The Morgan fingerprint density at radius 3 is 2.61 bits per heavy atom. The number of carbonyl (C=O) groups excluding carboxylic acids is 2. The molecule has 28 heavy (non-hydrogen) atoms. The zero-order valence-electron chi connectivity index (χ0n) is 16.2. The second kappa shape index (κ2) is 9.87. The summed E-state index contributed by atoms with van der Waals surface area (Å²) in [6, 6.07) is 10.2. The van der Waals surface area contributed by atoms with Gasteiger partial charge in [0.25, 0.3) is 0 Å². The highest BCUT2D eigenvalue weighted by molar-refractivity contribution is 5.79. The number of rotatable bonds is 7. The maximum atomic E-state index is 12.3. The number of nitrogens with zero attached hydrogens (tertiary/aromatic N) is 3. The van der Waals surface area contributed by atoms with Crippen LogP contribution in [0.3, 0.4) is 0 Å². The molecule has 2 N–H and O–H groups in total. The third-order valence-electron chi connectivity index (χ3n) is 4.90. The number of benzene rings is 1. The van der Waals surface area contributed by atoms with Crippen molar-refractivity contribution < 1.29 is 14.1 Å². The molecule has 3 rings (SSSR count). The third-order valence-corrected chi connectivity index (χ3v) is 4.90. The molecule has 1 saturated heterocycles. The van der Waals surface area contributed by atoms with Crippen molar-refractivity contribution in [3.63, 3.8) is 0 Å². The van der Waals surface area contributed by atoms with E-state index in [1.807, 2.05) is 18.2 Å². The first-order chi connectivity index (χ1) is 13.6. The summed E-state index contributed by atoms with van der Waals surface area (Å²) in [5.41, 5.74) is 1.28. The van der Waals surface area contributed by atoms with Gasteiger partial charge in [-0.2, -0.15) is 4.98 Å². The van der Waals surface area contributed by atoms with Crippen molar-refractivity contribution >= 4 is 11.9 Å². The number of hydrogen-bond acceptors (Lipinski definition) is 5. The van der Waals surface area contributed by atoms with E-state index in [4.69, 9.17) is 4.52 Å². The molecule has 1 aliphatic rings. The minimum atomic E-state index is -0.0915. The second-order valence-electron chi connectivity index (χ2n) is 7.04. The van der Waals surface area contributed by atoms with Gasteiger partial charge >= 0.3 is 6.03 Å². The molecule has 0 radical (unpaired) electrons. The Bertz CT molecular complexity index is 769. The Hall–Kier alpha value is -2.90. The smallest absolute Gasteiger partial charge is 0.317 e. The van der Waals surface area contributed by atoms with Gasteiger partial charge in [-0.25, -0.2) is 4.79 Å². The third kappa shape index (κ3) is 5.80. The molecule has 1 aromatic carbocycles. The van der Waals surface area contributed by atoms with E-state index >= 15 is 0 Å². The summed E-state index contributed by atoms with van der Waals surface area (Å²) in [7, 11) is 0. The van der Waals surface area contributed by atoms with Crippen LogP contribution in [0, 0.1) is 12.8 Å². The number of aryl methyl sites for hydroxylation is 2. The molecule has 150 valence electrons. The lowest BCUT2D eigenvalue weighted by atomic mass is 9.96. The summed E-state index contributed by atoms with van der Waals surface area (Å²) in [5.74, 6) is 0.829. The number of aromatic nitrogens is 2. The summed E-state index contributed by atoms with van der Waals surface area (Å²) in [5, 5.41) is 9.50. The lowest BCUT2D eigenvalue weighted by Crippen LogP contribution is -2.47. The number of likely N-dealkylation sites (tertiary alicyclic amines) is 1. The van der Waals surface area contributed by atoms with Gasteiger partial charge in [-0.05, 0) is 38.2 Å². The van der Waals surface area contributed by atoms with Crippen LogP contribution in [-0.4, -0.2) is 46.6 Å². The standard InChI is InChI=1S/C20H27N5O3/c1-15-23-18(28-24-15)14-22-19(26)17-9-12-25(13-10-17)20(27)21-11-5-8-16-6-3-2-4-7-16/h2-4,6-7,17H,5,8-14H2,1H3,(H,21,27)(H,22,26). The lowest BCUT2D eigenvalue weighted by molar-refractivity contribution is -0.126. The van der Waals surface area contributed by atoms with Gasteiger partial charge in [-0.3, -0.25) is 4.79 Å². The summed E-state index contributed by atoms with van der Waals surface area (Å²) in [6.45, 7) is 3.79. The van der Waals surface area contributed by atoms with E-state index in [2.05, 4.69) is 32.9 Å². The zero-order valence-corrected chi connectivity index (χ0v) is 16.2. The van der Waals surface area contributed by atoms with E-state index in [1.165, 1.54) is 5.56 Å². The van der Waals surface area contributed by atoms with Crippen molar-refractivity contribution in [3.05, 3.63) is 47.6 Å². The number of hydrogen-bond donors (Lipinski definition) is 2. The molecular formula is C20H27N5O3. The monoisotopic (exact) mass is 385 g/mol. The Labute approximate surface area is 164 Å². The summed E-state index contributed by atoms with van der Waals surface area (Å²) in [6.07, 6.45) is 3.17. The van der Waals surface area contributed by atoms with Crippen LogP contribution in [0.5, 0.6) is 0 Å². The van der Waals surface area contributed by atoms with Gasteiger partial charge in [0.15, 0.2) is 5.82 Å². The fourth-order valence-electron chi connectivity index (χ4n) is 3.31. The molecule has 2 aromatic rings. The summed E-state index contributed by atoms with van der Waals surface area (Å²) >= 11 is 0. The quantitative estimate of drug-likeness (QED) is 0.711. The van der Waals surface area contributed by atoms with E-state index in [-0.39, 0.29) is 24.4 Å². The van der Waals surface area contributed by atoms with Gasteiger partial charge in [0.05, 0.1) is 6.54 Å². The van der Waals surface area contributed by atoms with Crippen molar-refractivity contribution in [2.75, 3.05) is 19.6 Å². The minimum Gasteiger partial charge on any atom is -0.347 e. The molecule has 2 heterocycles. The van der Waals surface area contributed by atoms with Crippen molar-refractivity contribution in [2.45, 2.75) is 39.2 Å². The van der Waals surface area contributed by atoms with Crippen LogP contribution in [0.4, 0.5) is 4.79 Å². The van der Waals surface area contributed by atoms with E-state index in [0.29, 0.717) is 44.2 Å². The molecule has 1 aromatic heterocycles. The van der Waals surface area contributed by atoms with Crippen LogP contribution < -0.4 is 10.6 Å². The maximum Gasteiger partial charge on any atom is 0.317 e. The van der Waals surface area contributed by atoms with Crippen LogP contribution in [0.2, 0.25) is 0 Å². The molecule has 0 unspecified atom stereocenters. The minimum absolute atomic E-state index is 0.0289. The molecule has 1 fully saturated rings. The largest absolute Gasteiger partial charge is 0.347 e. The van der Waals surface area contributed by atoms with Crippen molar-refractivity contribution in [1.29, 1.82) is 0 Å². The molecule has 8 nitrogen and oxygen atoms in total. The normalized spacial score (nSPS) is 14.7. The van der Waals surface area contributed by atoms with Gasteiger partial charge in [0.1, 0.15) is 0 Å². The van der Waals surface area contributed by atoms with E-state index < -0.39 is 0 Å². The fraction of sp³-hybridized carbons (Fsp3) is 0.500. The second-order valence-corrected chi connectivity index (χ2v) is 7.04. The van der Waals surface area contributed by atoms with Crippen molar-refractivity contribution in [3.8, 4) is 0 Å². The van der Waals surface area contributed by atoms with Gasteiger partial charge < -0.3 is 20.1 Å². The van der Waals surface area contributed by atoms with Crippen LogP contribution in [0.25, 0.3) is 0 Å². The Morgan fingerprint density at radius 2 is 1.93 bits per heavy atom. The van der Waals surface area contributed by atoms with Gasteiger partial charge in [0.2, 0.25) is 11.8 Å². The molecule has 0 spiro atoms. The summed E-state index contributed by atoms with van der Waals surface area (Å²) in [4.78, 5) is 30.4. The molecule has 8 heteroatoms. The number of nitrogens with one attached hydrogen (secondary N) is 2. The number of carbonyl (C=O) groups is 2. The van der Waals surface area contributed by atoms with Crippen molar-refractivity contribution in [2.24, 2.45) is 5.92 Å². The van der Waals surface area contributed by atoms with Crippen LogP contribution in [-0.2, 0) is 17.8 Å².